The van der Waals surface area contributed by atoms with Gasteiger partial charge in [0.05, 0.1) is 5.69 Å². The zero-order valence-electron chi connectivity index (χ0n) is 15.5. The van der Waals surface area contributed by atoms with E-state index in [4.69, 9.17) is 0 Å². The second-order valence-corrected chi connectivity index (χ2v) is 6.95. The Morgan fingerprint density at radius 3 is 2.21 bits per heavy atom. The predicted molar refractivity (Wildman–Crippen MR) is 103 cm³/mol. The number of carbonyl (C=O) groups excluding carboxylic acids is 3. The molecule has 2 heterocycles. The maximum atomic E-state index is 12.9. The van der Waals surface area contributed by atoms with E-state index in [1.165, 1.54) is 5.01 Å². The van der Waals surface area contributed by atoms with Gasteiger partial charge >= 0.3 is 0 Å². The van der Waals surface area contributed by atoms with Gasteiger partial charge in [-0.25, -0.2) is 4.90 Å². The predicted octanol–water partition coefficient (Wildman–Crippen LogP) is 2.24. The largest absolute Gasteiger partial charge is 0.324 e. The number of fused-ring (bicyclic) bond motifs is 1. The lowest BCUT2D eigenvalue weighted by Crippen LogP contribution is -2.43. The SMILES string of the molecule is Cc1ccc(NC(=O)CN2N=NC3C(=O)N(c4ccc(C)cc4)C(=O)C32)cc1. The Kier molecular flexibility index (Phi) is 4.38. The molecule has 0 radical (unpaired) electrons. The van der Waals surface area contributed by atoms with E-state index in [1.807, 2.05) is 38.1 Å². The van der Waals surface area contributed by atoms with Gasteiger partial charge in [-0.3, -0.25) is 19.4 Å². The van der Waals surface area contributed by atoms with Crippen LogP contribution in [0.15, 0.2) is 58.9 Å². The number of aryl methyl sites for hydroxylation is 2. The van der Waals surface area contributed by atoms with Crippen LogP contribution in [0.25, 0.3) is 0 Å². The third kappa shape index (κ3) is 3.13. The first-order valence-electron chi connectivity index (χ1n) is 8.92. The minimum absolute atomic E-state index is 0.167. The number of nitrogens with zero attached hydrogens (tertiary/aromatic N) is 4. The second-order valence-electron chi connectivity index (χ2n) is 6.95. The zero-order valence-corrected chi connectivity index (χ0v) is 15.5. The standard InChI is InChI=1S/C20H19N5O3/c1-12-3-7-14(8-4-12)21-16(26)11-24-18-17(22-23-24)19(27)25(20(18)28)15-9-5-13(2)6-10-15/h3-10,17-18H,11H2,1-2H3,(H,21,26). The summed E-state index contributed by atoms with van der Waals surface area (Å²) in [6.07, 6.45) is 0. The summed E-state index contributed by atoms with van der Waals surface area (Å²) in [7, 11) is 0. The molecule has 3 amide bonds. The number of benzene rings is 2. The number of anilines is 2. The molecule has 0 aromatic heterocycles. The average Bonchev–Trinajstić information content (AvgIpc) is 3.18. The lowest BCUT2D eigenvalue weighted by atomic mass is 10.1. The zero-order chi connectivity index (χ0) is 19.8. The molecule has 2 aromatic rings. The van der Waals surface area contributed by atoms with Gasteiger partial charge in [0.15, 0.2) is 12.1 Å². The summed E-state index contributed by atoms with van der Waals surface area (Å²) in [6, 6.07) is 12.7. The maximum Gasteiger partial charge on any atom is 0.263 e. The summed E-state index contributed by atoms with van der Waals surface area (Å²) in [6.45, 7) is 3.72. The Balaban J connectivity index is 1.48. The van der Waals surface area contributed by atoms with E-state index >= 15 is 0 Å². The number of hydrogen-bond acceptors (Lipinski definition) is 6. The van der Waals surface area contributed by atoms with Crippen LogP contribution in [0.2, 0.25) is 0 Å². The van der Waals surface area contributed by atoms with Gasteiger partial charge in [0.2, 0.25) is 5.91 Å². The fraction of sp³-hybridized carbons (Fsp3) is 0.250. The Labute approximate surface area is 161 Å². The highest BCUT2D eigenvalue weighted by molar-refractivity contribution is 6.25. The van der Waals surface area contributed by atoms with Crippen molar-refractivity contribution >= 4 is 29.1 Å². The Morgan fingerprint density at radius 1 is 0.964 bits per heavy atom. The van der Waals surface area contributed by atoms with Crippen molar-refractivity contribution in [3.63, 3.8) is 0 Å². The van der Waals surface area contributed by atoms with Crippen molar-refractivity contribution in [2.24, 2.45) is 10.3 Å². The fourth-order valence-electron chi connectivity index (χ4n) is 3.29. The van der Waals surface area contributed by atoms with Gasteiger partial charge in [0.1, 0.15) is 6.54 Å². The molecular weight excluding hydrogens is 358 g/mol. The van der Waals surface area contributed by atoms with Crippen LogP contribution >= 0.6 is 0 Å². The maximum absolute atomic E-state index is 12.9. The third-order valence-corrected chi connectivity index (χ3v) is 4.79. The molecule has 1 N–H and O–H groups in total. The van der Waals surface area contributed by atoms with E-state index < -0.39 is 23.9 Å². The Morgan fingerprint density at radius 2 is 1.57 bits per heavy atom. The molecule has 0 saturated carbocycles. The van der Waals surface area contributed by atoms with E-state index in [9.17, 15) is 14.4 Å². The highest BCUT2D eigenvalue weighted by Gasteiger charge is 2.55. The van der Waals surface area contributed by atoms with Crippen LogP contribution in [0.5, 0.6) is 0 Å². The molecule has 2 unspecified atom stereocenters. The molecule has 142 valence electrons. The fourth-order valence-corrected chi connectivity index (χ4v) is 3.29. The minimum Gasteiger partial charge on any atom is -0.324 e. The summed E-state index contributed by atoms with van der Waals surface area (Å²) in [5, 5.41) is 11.9. The smallest absolute Gasteiger partial charge is 0.263 e. The van der Waals surface area contributed by atoms with Crippen molar-refractivity contribution in [1.82, 2.24) is 5.01 Å². The van der Waals surface area contributed by atoms with Gasteiger partial charge in [0, 0.05) is 5.69 Å². The second kappa shape index (κ2) is 6.88. The molecule has 28 heavy (non-hydrogen) atoms. The molecule has 0 aliphatic carbocycles. The molecule has 8 nitrogen and oxygen atoms in total. The van der Waals surface area contributed by atoms with Gasteiger partial charge in [-0.15, -0.1) is 0 Å². The quantitative estimate of drug-likeness (QED) is 0.827. The van der Waals surface area contributed by atoms with Crippen LogP contribution in [0, 0.1) is 13.8 Å². The number of carbonyl (C=O) groups is 3. The Hall–Kier alpha value is -3.55. The highest BCUT2D eigenvalue weighted by Crippen LogP contribution is 2.31. The number of imide groups is 1. The van der Waals surface area contributed by atoms with E-state index in [1.54, 1.807) is 24.3 Å². The molecule has 2 aliphatic rings. The van der Waals surface area contributed by atoms with Crippen LogP contribution < -0.4 is 10.2 Å². The average molecular weight is 377 g/mol. The van der Waals surface area contributed by atoms with Gasteiger partial charge in [-0.1, -0.05) is 40.6 Å². The molecule has 8 heteroatoms. The number of hydrogen-bond donors (Lipinski definition) is 1. The molecule has 2 aromatic carbocycles. The summed E-state index contributed by atoms with van der Waals surface area (Å²) in [5.74, 6) is -1.19. The van der Waals surface area contributed by atoms with Crippen molar-refractivity contribution in [2.45, 2.75) is 25.9 Å². The lowest BCUT2D eigenvalue weighted by molar-refractivity contribution is -0.123. The van der Waals surface area contributed by atoms with E-state index in [0.717, 1.165) is 16.0 Å². The molecule has 4 rings (SSSR count). The van der Waals surface area contributed by atoms with Gasteiger partial charge < -0.3 is 5.32 Å². The van der Waals surface area contributed by atoms with Gasteiger partial charge in [-0.2, -0.15) is 5.11 Å². The molecule has 1 fully saturated rings. The normalized spacial score (nSPS) is 20.6. The van der Waals surface area contributed by atoms with E-state index in [-0.39, 0.29) is 12.5 Å². The van der Waals surface area contributed by atoms with Gasteiger partial charge in [-0.05, 0) is 38.1 Å². The molecule has 2 aliphatic heterocycles. The Bertz CT molecular complexity index is 968. The highest BCUT2D eigenvalue weighted by atomic mass is 16.2. The van der Waals surface area contributed by atoms with Crippen LogP contribution in [0.1, 0.15) is 11.1 Å². The van der Waals surface area contributed by atoms with Gasteiger partial charge in [0.25, 0.3) is 11.8 Å². The van der Waals surface area contributed by atoms with Crippen molar-refractivity contribution in [2.75, 3.05) is 16.8 Å². The molecular formula is C20H19N5O3. The summed E-state index contributed by atoms with van der Waals surface area (Å²) in [4.78, 5) is 39.0. The topological polar surface area (TPSA) is 94.4 Å². The van der Waals surface area contributed by atoms with Crippen molar-refractivity contribution < 1.29 is 14.4 Å². The first kappa shape index (κ1) is 17.8. The van der Waals surface area contributed by atoms with E-state index in [2.05, 4.69) is 15.7 Å². The number of nitrogens with one attached hydrogen (secondary N) is 1. The molecule has 2 atom stereocenters. The summed E-state index contributed by atoms with van der Waals surface area (Å²) < 4.78 is 0. The molecule has 0 bridgehead atoms. The third-order valence-electron chi connectivity index (χ3n) is 4.79. The number of amides is 3. The van der Waals surface area contributed by atoms with Crippen LogP contribution in [0.3, 0.4) is 0 Å². The van der Waals surface area contributed by atoms with Crippen molar-refractivity contribution in [3.05, 3.63) is 59.7 Å². The van der Waals surface area contributed by atoms with E-state index in [0.29, 0.717) is 11.4 Å². The van der Waals surface area contributed by atoms with Crippen LogP contribution in [-0.2, 0) is 14.4 Å². The van der Waals surface area contributed by atoms with Crippen molar-refractivity contribution in [3.8, 4) is 0 Å². The number of rotatable bonds is 4. The first-order chi connectivity index (χ1) is 13.4. The molecule has 0 spiro atoms. The van der Waals surface area contributed by atoms with Crippen molar-refractivity contribution in [1.29, 1.82) is 0 Å². The monoisotopic (exact) mass is 377 g/mol. The molecule has 1 saturated heterocycles. The van der Waals surface area contributed by atoms with Crippen LogP contribution in [-0.4, -0.2) is 41.4 Å². The van der Waals surface area contributed by atoms with Crippen LogP contribution in [0.4, 0.5) is 11.4 Å². The summed E-state index contributed by atoms with van der Waals surface area (Å²) >= 11 is 0. The summed E-state index contributed by atoms with van der Waals surface area (Å²) in [5.41, 5.74) is 3.25. The lowest BCUT2D eigenvalue weighted by Gasteiger charge is -2.20. The minimum atomic E-state index is -0.916. The first-order valence-corrected chi connectivity index (χ1v) is 8.92.